The van der Waals surface area contributed by atoms with Crippen molar-refractivity contribution in [2.45, 2.75) is 36.6 Å². The van der Waals surface area contributed by atoms with E-state index >= 15 is 0 Å². The van der Waals surface area contributed by atoms with Gasteiger partial charge in [-0.1, -0.05) is 6.07 Å². The summed E-state index contributed by atoms with van der Waals surface area (Å²) < 4.78 is 35.6. The highest BCUT2D eigenvalue weighted by Crippen LogP contribution is 2.23. The summed E-state index contributed by atoms with van der Waals surface area (Å²) in [5.74, 6) is 0.200. The van der Waals surface area contributed by atoms with Gasteiger partial charge in [0.1, 0.15) is 21.7 Å². The maximum absolute atomic E-state index is 12.4. The standard InChI is InChI=1S/C12H13N3O3S2/c16-9-6-4-8(5-7-9)15-20(17,18)11-3-1-2-10-12(11)14-19-13-10/h1-3,8,15H,4-7H2. The Balaban J connectivity index is 1.88. The number of fused-ring (bicyclic) bond motifs is 1. The summed E-state index contributed by atoms with van der Waals surface area (Å²) in [6.45, 7) is 0. The van der Waals surface area contributed by atoms with Crippen LogP contribution >= 0.6 is 11.7 Å². The van der Waals surface area contributed by atoms with E-state index < -0.39 is 10.0 Å². The molecule has 8 heteroatoms. The number of sulfonamides is 1. The molecule has 1 saturated carbocycles. The summed E-state index contributed by atoms with van der Waals surface area (Å²) in [5.41, 5.74) is 0.980. The van der Waals surface area contributed by atoms with Gasteiger partial charge in [-0.15, -0.1) is 0 Å². The zero-order chi connectivity index (χ0) is 14.2. The van der Waals surface area contributed by atoms with Crippen LogP contribution < -0.4 is 4.72 Å². The van der Waals surface area contributed by atoms with Crippen LogP contribution in [0.3, 0.4) is 0 Å². The second-order valence-electron chi connectivity index (χ2n) is 4.82. The molecule has 1 aromatic carbocycles. The second-order valence-corrected chi connectivity index (χ2v) is 7.03. The average Bonchev–Trinajstić information content (AvgIpc) is 2.89. The largest absolute Gasteiger partial charge is 0.300 e. The molecule has 3 rings (SSSR count). The number of Topliss-reactive ketones (excluding diaryl/α,β-unsaturated/α-hetero) is 1. The molecule has 2 aromatic rings. The van der Waals surface area contributed by atoms with E-state index in [-0.39, 0.29) is 16.7 Å². The summed E-state index contributed by atoms with van der Waals surface area (Å²) in [5, 5.41) is 0. The van der Waals surface area contributed by atoms with Crippen molar-refractivity contribution < 1.29 is 13.2 Å². The molecule has 1 N–H and O–H groups in total. The summed E-state index contributed by atoms with van der Waals surface area (Å²) in [6.07, 6.45) is 2.00. The number of nitrogens with zero attached hydrogens (tertiary/aromatic N) is 2. The Morgan fingerprint density at radius 2 is 1.95 bits per heavy atom. The van der Waals surface area contributed by atoms with Crippen molar-refractivity contribution in [1.29, 1.82) is 0 Å². The fraction of sp³-hybridized carbons (Fsp3) is 0.417. The lowest BCUT2D eigenvalue weighted by Gasteiger charge is -2.22. The highest BCUT2D eigenvalue weighted by Gasteiger charge is 2.26. The molecule has 1 heterocycles. The summed E-state index contributed by atoms with van der Waals surface area (Å²) in [7, 11) is -3.63. The minimum Gasteiger partial charge on any atom is -0.300 e. The van der Waals surface area contributed by atoms with Crippen LogP contribution in [0.2, 0.25) is 0 Å². The maximum atomic E-state index is 12.4. The molecule has 0 aliphatic heterocycles. The van der Waals surface area contributed by atoms with Crippen molar-refractivity contribution in [3.8, 4) is 0 Å². The van der Waals surface area contributed by atoms with Crippen molar-refractivity contribution >= 4 is 38.6 Å². The molecule has 1 aliphatic carbocycles. The van der Waals surface area contributed by atoms with Gasteiger partial charge in [0.15, 0.2) is 0 Å². The normalized spacial score (nSPS) is 17.7. The smallest absolute Gasteiger partial charge is 0.243 e. The first-order chi connectivity index (χ1) is 9.56. The highest BCUT2D eigenvalue weighted by molar-refractivity contribution is 7.89. The Kier molecular flexibility index (Phi) is 3.53. The molecule has 1 aliphatic rings. The quantitative estimate of drug-likeness (QED) is 0.927. The van der Waals surface area contributed by atoms with E-state index in [1.165, 1.54) is 6.07 Å². The van der Waals surface area contributed by atoms with E-state index in [1.807, 2.05) is 0 Å². The van der Waals surface area contributed by atoms with Gasteiger partial charge < -0.3 is 0 Å². The van der Waals surface area contributed by atoms with Crippen molar-refractivity contribution in [2.24, 2.45) is 0 Å². The van der Waals surface area contributed by atoms with Gasteiger partial charge >= 0.3 is 0 Å². The Morgan fingerprint density at radius 1 is 1.20 bits per heavy atom. The molecule has 0 spiro atoms. The molecule has 20 heavy (non-hydrogen) atoms. The lowest BCUT2D eigenvalue weighted by molar-refractivity contribution is -0.120. The van der Waals surface area contributed by atoms with Crippen molar-refractivity contribution in [3.05, 3.63) is 18.2 Å². The third kappa shape index (κ3) is 2.58. The van der Waals surface area contributed by atoms with Crippen LogP contribution in [0.5, 0.6) is 0 Å². The van der Waals surface area contributed by atoms with Crippen LogP contribution in [0.4, 0.5) is 0 Å². The van der Waals surface area contributed by atoms with Gasteiger partial charge in [0.2, 0.25) is 10.0 Å². The predicted molar refractivity (Wildman–Crippen MR) is 75.0 cm³/mol. The molecule has 6 nitrogen and oxygen atoms in total. The molecule has 0 amide bonds. The Morgan fingerprint density at radius 3 is 2.70 bits per heavy atom. The van der Waals surface area contributed by atoms with Crippen LogP contribution in [-0.2, 0) is 14.8 Å². The number of carbonyl (C=O) groups is 1. The van der Waals surface area contributed by atoms with Crippen LogP contribution in [0.15, 0.2) is 23.1 Å². The van der Waals surface area contributed by atoms with E-state index in [1.54, 1.807) is 12.1 Å². The Hall–Kier alpha value is -1.38. The van der Waals surface area contributed by atoms with Gasteiger partial charge in [-0.05, 0) is 25.0 Å². The van der Waals surface area contributed by atoms with Gasteiger partial charge in [0, 0.05) is 18.9 Å². The topological polar surface area (TPSA) is 89.0 Å². The number of nitrogens with one attached hydrogen (secondary N) is 1. The molecule has 0 unspecified atom stereocenters. The van der Waals surface area contributed by atoms with E-state index in [9.17, 15) is 13.2 Å². The Bertz CT molecular complexity index is 744. The number of benzene rings is 1. The molecule has 1 fully saturated rings. The van der Waals surface area contributed by atoms with E-state index in [2.05, 4.69) is 13.5 Å². The summed E-state index contributed by atoms with van der Waals surface area (Å²) in [4.78, 5) is 11.3. The minimum atomic E-state index is -3.63. The molecular formula is C12H13N3O3S2. The van der Waals surface area contributed by atoms with Gasteiger partial charge in [-0.3, -0.25) is 4.79 Å². The molecule has 106 valence electrons. The minimum absolute atomic E-state index is 0.153. The number of ketones is 1. The first-order valence-electron chi connectivity index (χ1n) is 6.31. The molecule has 0 radical (unpaired) electrons. The molecular weight excluding hydrogens is 298 g/mol. The Labute approximate surface area is 120 Å². The third-order valence-corrected chi connectivity index (χ3v) is 5.50. The molecule has 0 saturated heterocycles. The molecule has 0 bridgehead atoms. The number of carbonyl (C=O) groups excluding carboxylic acids is 1. The number of rotatable bonds is 3. The van der Waals surface area contributed by atoms with E-state index in [4.69, 9.17) is 0 Å². The zero-order valence-electron chi connectivity index (χ0n) is 10.6. The average molecular weight is 311 g/mol. The summed E-state index contributed by atoms with van der Waals surface area (Å²) in [6, 6.07) is 4.74. The lowest BCUT2D eigenvalue weighted by Crippen LogP contribution is -2.37. The van der Waals surface area contributed by atoms with Gasteiger partial charge in [0.25, 0.3) is 0 Å². The third-order valence-electron chi connectivity index (χ3n) is 3.40. The van der Waals surface area contributed by atoms with Crippen molar-refractivity contribution in [2.75, 3.05) is 0 Å². The van der Waals surface area contributed by atoms with E-state index in [0.717, 1.165) is 11.7 Å². The van der Waals surface area contributed by atoms with E-state index in [0.29, 0.717) is 36.7 Å². The van der Waals surface area contributed by atoms with Crippen LogP contribution in [0.25, 0.3) is 11.0 Å². The highest BCUT2D eigenvalue weighted by atomic mass is 32.2. The van der Waals surface area contributed by atoms with Gasteiger partial charge in [-0.25, -0.2) is 13.1 Å². The van der Waals surface area contributed by atoms with Crippen molar-refractivity contribution in [1.82, 2.24) is 13.5 Å². The van der Waals surface area contributed by atoms with Crippen LogP contribution in [-0.4, -0.2) is 29.0 Å². The number of hydrogen-bond donors (Lipinski definition) is 1. The monoisotopic (exact) mass is 311 g/mol. The van der Waals surface area contributed by atoms with Crippen LogP contribution in [0, 0.1) is 0 Å². The first kappa shape index (κ1) is 13.6. The van der Waals surface area contributed by atoms with Crippen LogP contribution in [0.1, 0.15) is 25.7 Å². The predicted octanol–water partition coefficient (Wildman–Crippen LogP) is 1.48. The number of hydrogen-bond acceptors (Lipinski definition) is 6. The van der Waals surface area contributed by atoms with Gasteiger partial charge in [0.05, 0.1) is 11.7 Å². The fourth-order valence-electron chi connectivity index (χ4n) is 2.34. The lowest BCUT2D eigenvalue weighted by atomic mass is 9.95. The second kappa shape index (κ2) is 5.19. The molecule has 0 atom stereocenters. The fourth-order valence-corrected chi connectivity index (χ4v) is 4.41. The maximum Gasteiger partial charge on any atom is 0.243 e. The first-order valence-corrected chi connectivity index (χ1v) is 8.53. The summed E-state index contributed by atoms with van der Waals surface area (Å²) >= 11 is 0.993. The zero-order valence-corrected chi connectivity index (χ0v) is 12.2. The van der Waals surface area contributed by atoms with Crippen molar-refractivity contribution in [3.63, 3.8) is 0 Å². The number of aromatic nitrogens is 2. The molecule has 1 aromatic heterocycles. The SMILES string of the molecule is O=C1CCC(NS(=O)(=O)c2cccc3nsnc23)CC1. The van der Waals surface area contributed by atoms with Gasteiger partial charge in [-0.2, -0.15) is 8.75 Å².